The maximum absolute atomic E-state index is 2.65. The first-order valence-corrected chi connectivity index (χ1v) is 13.7. The van der Waals surface area contributed by atoms with Gasteiger partial charge in [0.15, 0.2) is 0 Å². The molecule has 0 aromatic heterocycles. The zero-order valence-electron chi connectivity index (χ0n) is 20.1. The van der Waals surface area contributed by atoms with Crippen LogP contribution in [-0.2, 0) is 0 Å². The van der Waals surface area contributed by atoms with Crippen LogP contribution in [0.5, 0.6) is 0 Å². The van der Waals surface area contributed by atoms with E-state index in [1.807, 2.05) is 0 Å². The molecular formula is C27H39Tb. The number of hydrogen-bond acceptors (Lipinski definition) is 0. The van der Waals surface area contributed by atoms with Crippen LogP contribution in [0, 0.1) is 32.7 Å². The summed E-state index contributed by atoms with van der Waals surface area (Å²) in [6.07, 6.45) is 7.95. The topological polar surface area (TPSA) is 0 Å². The maximum atomic E-state index is 2.65. The Bertz CT molecular complexity index is 821. The summed E-state index contributed by atoms with van der Waals surface area (Å²) in [5, 5.41) is 0. The predicted octanol–water partition coefficient (Wildman–Crippen LogP) is 9.03. The van der Waals surface area contributed by atoms with Gasteiger partial charge in [-0.1, -0.05) is 0 Å². The second kappa shape index (κ2) is 6.87. The van der Waals surface area contributed by atoms with Gasteiger partial charge in [0.25, 0.3) is 0 Å². The van der Waals surface area contributed by atoms with Gasteiger partial charge in [-0.15, -0.1) is 0 Å². The molecule has 0 aromatic carbocycles. The van der Waals surface area contributed by atoms with Crippen LogP contribution in [0.15, 0.2) is 68.4 Å². The van der Waals surface area contributed by atoms with E-state index in [-0.39, 0.29) is 4.16 Å². The molecule has 0 amide bonds. The molecule has 3 aliphatic rings. The summed E-state index contributed by atoms with van der Waals surface area (Å²) in [4.78, 5) is 0. The van der Waals surface area contributed by atoms with Crippen molar-refractivity contribution < 1.29 is 32.7 Å². The van der Waals surface area contributed by atoms with E-state index in [0.717, 1.165) is 0 Å². The van der Waals surface area contributed by atoms with Gasteiger partial charge in [0.2, 0.25) is 0 Å². The fourth-order valence-corrected chi connectivity index (χ4v) is 18.2. The molecule has 0 spiro atoms. The third-order valence-corrected chi connectivity index (χ3v) is 18.1. The van der Waals surface area contributed by atoms with Gasteiger partial charge in [0, 0.05) is 0 Å². The minimum atomic E-state index is -1.94. The van der Waals surface area contributed by atoms with Gasteiger partial charge >= 0.3 is 188 Å². The molecule has 3 aliphatic carbocycles. The predicted molar refractivity (Wildman–Crippen MR) is 121 cm³/mol. The molecule has 0 fully saturated rings. The van der Waals surface area contributed by atoms with Crippen molar-refractivity contribution in [2.75, 3.05) is 0 Å². The first kappa shape index (κ1) is 22.4. The van der Waals surface area contributed by atoms with Crippen molar-refractivity contribution in [3.63, 3.8) is 0 Å². The zero-order valence-corrected chi connectivity index (χ0v) is 22.2. The molecule has 1 heteroatoms. The van der Waals surface area contributed by atoms with E-state index in [0.29, 0.717) is 0 Å². The molecule has 156 valence electrons. The molecule has 28 heavy (non-hydrogen) atoms. The monoisotopic (exact) mass is 522 g/mol. The van der Waals surface area contributed by atoms with Crippen LogP contribution in [0.25, 0.3) is 0 Å². The number of hydrogen-bond donors (Lipinski definition) is 0. The average Bonchev–Trinajstić information content (AvgIpc) is 3.01. The summed E-state index contributed by atoms with van der Waals surface area (Å²) in [5.74, 6) is 0. The van der Waals surface area contributed by atoms with E-state index in [1.54, 1.807) is 16.7 Å². The van der Waals surface area contributed by atoms with E-state index in [1.165, 1.54) is 33.4 Å². The second-order valence-electron chi connectivity index (χ2n) is 9.57. The van der Waals surface area contributed by atoms with Crippen LogP contribution < -0.4 is 0 Å². The first-order chi connectivity index (χ1) is 12.7. The molecule has 0 radical (unpaired) electrons. The Balaban J connectivity index is 2.37. The molecule has 0 aromatic rings. The van der Waals surface area contributed by atoms with Gasteiger partial charge in [-0.25, -0.2) is 0 Å². The molecule has 3 rings (SSSR count). The first-order valence-electron chi connectivity index (χ1n) is 10.5. The van der Waals surface area contributed by atoms with E-state index in [2.05, 4.69) is 101 Å². The van der Waals surface area contributed by atoms with E-state index in [4.69, 9.17) is 0 Å². The van der Waals surface area contributed by atoms with E-state index >= 15 is 0 Å². The molecule has 3 atom stereocenters. The van der Waals surface area contributed by atoms with Crippen molar-refractivity contribution in [2.45, 2.75) is 87.2 Å². The van der Waals surface area contributed by atoms with E-state index < -0.39 is 32.7 Å². The molecule has 0 saturated heterocycles. The van der Waals surface area contributed by atoms with Crippen LogP contribution >= 0.6 is 0 Å². The fourth-order valence-electron chi connectivity index (χ4n) is 5.40. The quantitative estimate of drug-likeness (QED) is 0.347. The number of allylic oxidation sites excluding steroid dienone is 12. The summed E-state index contributed by atoms with van der Waals surface area (Å²) in [7, 11) is 0. The average molecular weight is 523 g/mol. The van der Waals surface area contributed by atoms with Gasteiger partial charge in [0.05, 0.1) is 0 Å². The molecule has 0 N–H and O–H groups in total. The van der Waals surface area contributed by atoms with Crippen molar-refractivity contribution in [3.05, 3.63) is 68.4 Å². The minimum absolute atomic E-state index is 0.197. The van der Waals surface area contributed by atoms with Crippen molar-refractivity contribution in [1.29, 1.82) is 0 Å². The van der Waals surface area contributed by atoms with Crippen molar-refractivity contribution in [3.8, 4) is 0 Å². The Morgan fingerprint density at radius 2 is 0.679 bits per heavy atom. The van der Waals surface area contributed by atoms with Crippen molar-refractivity contribution >= 4 is 0 Å². The molecule has 0 nitrogen and oxygen atoms in total. The van der Waals surface area contributed by atoms with Crippen LogP contribution in [0.2, 0.25) is 4.16 Å². The third kappa shape index (κ3) is 2.82. The standard InChI is InChI=1S/3C9H13.Tb/c3*1-6-5-7(2)9(4)8(6)3;/h3*5H,1-4H3;. The van der Waals surface area contributed by atoms with Crippen molar-refractivity contribution in [1.82, 2.24) is 0 Å². The van der Waals surface area contributed by atoms with Gasteiger partial charge in [0.1, 0.15) is 0 Å². The van der Waals surface area contributed by atoms with Gasteiger partial charge < -0.3 is 0 Å². The number of rotatable bonds is 3. The molecule has 0 aliphatic heterocycles. The normalized spacial score (nSPS) is 36.4. The SMILES string of the molecule is CC1=C[C](C)([Tb]([C]2(C)C=C(C)C(C)=C2C)[C]2(C)C=C(C)C(C)=C2C)C(C)=C1C. The van der Waals surface area contributed by atoms with Crippen LogP contribution in [0.3, 0.4) is 0 Å². The Morgan fingerprint density at radius 3 is 0.821 bits per heavy atom. The Kier molecular flexibility index (Phi) is 5.50. The Hall–Kier alpha value is -0.274. The van der Waals surface area contributed by atoms with Gasteiger partial charge in [-0.3, -0.25) is 0 Å². The molecule has 0 heterocycles. The van der Waals surface area contributed by atoms with Crippen LogP contribution in [0.1, 0.15) is 83.1 Å². The summed E-state index contributed by atoms with van der Waals surface area (Å²) >= 11 is -1.94. The van der Waals surface area contributed by atoms with Crippen LogP contribution in [0.4, 0.5) is 0 Å². The third-order valence-electron chi connectivity index (χ3n) is 8.09. The fraction of sp³-hybridized carbons (Fsp3) is 0.556. The van der Waals surface area contributed by atoms with Crippen LogP contribution in [-0.4, -0.2) is 0 Å². The zero-order chi connectivity index (χ0) is 21.4. The second-order valence-corrected chi connectivity index (χ2v) is 17.8. The summed E-state index contributed by atoms with van der Waals surface area (Å²) < 4.78 is 0.592. The summed E-state index contributed by atoms with van der Waals surface area (Å²) in [5.41, 5.74) is 13.9. The molecule has 0 bridgehead atoms. The molecular weight excluding hydrogens is 483 g/mol. The Labute approximate surface area is 186 Å². The molecule has 3 unspecified atom stereocenters. The van der Waals surface area contributed by atoms with Gasteiger partial charge in [-0.05, 0) is 0 Å². The molecule has 0 saturated carbocycles. The summed E-state index contributed by atoms with van der Waals surface area (Å²) in [6.45, 7) is 28.9. The van der Waals surface area contributed by atoms with Gasteiger partial charge in [-0.2, -0.15) is 0 Å². The van der Waals surface area contributed by atoms with E-state index in [9.17, 15) is 0 Å². The Morgan fingerprint density at radius 1 is 0.464 bits per heavy atom. The summed E-state index contributed by atoms with van der Waals surface area (Å²) in [6, 6.07) is 0. The van der Waals surface area contributed by atoms with Crippen molar-refractivity contribution in [2.24, 2.45) is 0 Å².